The Balaban J connectivity index is 1.44. The van der Waals surface area contributed by atoms with E-state index in [4.69, 9.17) is 9.47 Å². The SMILES string of the molecule is C[C@@H](Cc1ccc2c(c1)OCO2)c1nccn1CCc1cccnc1. The van der Waals surface area contributed by atoms with Gasteiger partial charge in [0.2, 0.25) is 6.79 Å². The molecule has 1 aliphatic heterocycles. The molecule has 2 aromatic heterocycles. The number of aromatic nitrogens is 3. The van der Waals surface area contributed by atoms with Gasteiger partial charge in [-0.05, 0) is 42.2 Å². The molecule has 1 atom stereocenters. The van der Waals surface area contributed by atoms with E-state index in [0.717, 1.165) is 36.7 Å². The zero-order chi connectivity index (χ0) is 17.1. The Morgan fingerprint density at radius 1 is 1.12 bits per heavy atom. The Bertz CT molecular complexity index is 845. The first-order chi connectivity index (χ1) is 12.3. The van der Waals surface area contributed by atoms with Crippen LogP contribution in [0, 0.1) is 0 Å². The van der Waals surface area contributed by atoms with E-state index in [0.29, 0.717) is 12.7 Å². The second-order valence-corrected chi connectivity index (χ2v) is 6.38. The smallest absolute Gasteiger partial charge is 0.231 e. The third-order valence-electron chi connectivity index (χ3n) is 4.53. The maximum atomic E-state index is 5.47. The monoisotopic (exact) mass is 335 g/mol. The topological polar surface area (TPSA) is 49.2 Å². The minimum absolute atomic E-state index is 0.313. The lowest BCUT2D eigenvalue weighted by Crippen LogP contribution is -2.10. The van der Waals surface area contributed by atoms with E-state index in [2.05, 4.69) is 45.9 Å². The van der Waals surface area contributed by atoms with Gasteiger partial charge in [0.1, 0.15) is 5.82 Å². The first kappa shape index (κ1) is 15.7. The summed E-state index contributed by atoms with van der Waals surface area (Å²) in [7, 11) is 0. The van der Waals surface area contributed by atoms with Crippen molar-refractivity contribution in [1.29, 1.82) is 0 Å². The van der Waals surface area contributed by atoms with Crippen molar-refractivity contribution in [1.82, 2.24) is 14.5 Å². The molecular formula is C20H21N3O2. The number of aryl methyl sites for hydroxylation is 2. The molecule has 5 nitrogen and oxygen atoms in total. The number of rotatable bonds is 6. The number of ether oxygens (including phenoxy) is 2. The number of benzene rings is 1. The van der Waals surface area contributed by atoms with Crippen LogP contribution in [0.3, 0.4) is 0 Å². The van der Waals surface area contributed by atoms with Gasteiger partial charge in [0.05, 0.1) is 0 Å². The van der Waals surface area contributed by atoms with Crippen LogP contribution < -0.4 is 9.47 Å². The van der Waals surface area contributed by atoms with E-state index in [9.17, 15) is 0 Å². The van der Waals surface area contributed by atoms with E-state index in [-0.39, 0.29) is 0 Å². The molecule has 0 bridgehead atoms. The van der Waals surface area contributed by atoms with Gasteiger partial charge in [-0.3, -0.25) is 4.98 Å². The highest BCUT2D eigenvalue weighted by Gasteiger charge is 2.17. The maximum absolute atomic E-state index is 5.47. The van der Waals surface area contributed by atoms with Crippen molar-refractivity contribution < 1.29 is 9.47 Å². The predicted octanol–water partition coefficient (Wildman–Crippen LogP) is 3.60. The Labute approximate surface area is 147 Å². The summed E-state index contributed by atoms with van der Waals surface area (Å²) in [6.07, 6.45) is 9.54. The van der Waals surface area contributed by atoms with Crippen LogP contribution >= 0.6 is 0 Å². The predicted molar refractivity (Wildman–Crippen MR) is 94.9 cm³/mol. The van der Waals surface area contributed by atoms with Crippen molar-refractivity contribution in [3.8, 4) is 11.5 Å². The van der Waals surface area contributed by atoms with Gasteiger partial charge in [0, 0.05) is 37.3 Å². The van der Waals surface area contributed by atoms with Crippen molar-refractivity contribution >= 4 is 0 Å². The third-order valence-corrected chi connectivity index (χ3v) is 4.53. The molecule has 0 amide bonds. The molecule has 128 valence electrons. The summed E-state index contributed by atoms with van der Waals surface area (Å²) in [5.74, 6) is 3.10. The van der Waals surface area contributed by atoms with Crippen LogP contribution in [0.1, 0.15) is 29.8 Å². The van der Waals surface area contributed by atoms with Gasteiger partial charge in [-0.2, -0.15) is 0 Å². The molecule has 1 aliphatic rings. The first-order valence-electron chi connectivity index (χ1n) is 8.58. The van der Waals surface area contributed by atoms with Crippen molar-refractivity contribution in [3.63, 3.8) is 0 Å². The molecule has 0 spiro atoms. The van der Waals surface area contributed by atoms with E-state index >= 15 is 0 Å². The summed E-state index contributed by atoms with van der Waals surface area (Å²) in [5, 5.41) is 0. The molecule has 0 saturated heterocycles. The molecule has 0 unspecified atom stereocenters. The number of nitrogens with zero attached hydrogens (tertiary/aromatic N) is 3. The van der Waals surface area contributed by atoms with Crippen LogP contribution in [0.2, 0.25) is 0 Å². The Kier molecular flexibility index (Phi) is 4.37. The molecule has 0 N–H and O–H groups in total. The zero-order valence-corrected chi connectivity index (χ0v) is 14.3. The van der Waals surface area contributed by atoms with Gasteiger partial charge >= 0.3 is 0 Å². The molecule has 0 fully saturated rings. The van der Waals surface area contributed by atoms with E-state index in [1.165, 1.54) is 11.1 Å². The molecular weight excluding hydrogens is 314 g/mol. The average molecular weight is 335 g/mol. The number of fused-ring (bicyclic) bond motifs is 1. The summed E-state index contributed by atoms with van der Waals surface area (Å²) in [4.78, 5) is 8.77. The van der Waals surface area contributed by atoms with Crippen molar-refractivity contribution in [3.05, 3.63) is 72.1 Å². The summed E-state index contributed by atoms with van der Waals surface area (Å²) in [6, 6.07) is 10.3. The van der Waals surface area contributed by atoms with E-state index < -0.39 is 0 Å². The summed E-state index contributed by atoms with van der Waals surface area (Å²) in [5.41, 5.74) is 2.48. The van der Waals surface area contributed by atoms with Crippen LogP contribution in [0.25, 0.3) is 0 Å². The van der Waals surface area contributed by atoms with Gasteiger partial charge < -0.3 is 14.0 Å². The van der Waals surface area contributed by atoms with Gasteiger partial charge in [0.25, 0.3) is 0 Å². The first-order valence-corrected chi connectivity index (χ1v) is 8.58. The highest BCUT2D eigenvalue weighted by atomic mass is 16.7. The largest absolute Gasteiger partial charge is 0.454 e. The zero-order valence-electron chi connectivity index (χ0n) is 14.3. The quantitative estimate of drug-likeness (QED) is 0.691. The van der Waals surface area contributed by atoms with Gasteiger partial charge in [0.15, 0.2) is 11.5 Å². The molecule has 4 rings (SSSR count). The molecule has 3 aromatic rings. The summed E-state index contributed by atoms with van der Waals surface area (Å²) in [6.45, 7) is 3.44. The van der Waals surface area contributed by atoms with Crippen LogP contribution in [0.15, 0.2) is 55.1 Å². The van der Waals surface area contributed by atoms with Crippen molar-refractivity contribution in [2.24, 2.45) is 0 Å². The lowest BCUT2D eigenvalue weighted by Gasteiger charge is -2.14. The number of hydrogen-bond acceptors (Lipinski definition) is 4. The highest BCUT2D eigenvalue weighted by Crippen LogP contribution is 2.33. The number of hydrogen-bond donors (Lipinski definition) is 0. The molecule has 5 heteroatoms. The Hall–Kier alpha value is -2.82. The standard InChI is InChI=1S/C20H21N3O2/c1-15(11-17-4-5-18-19(12-17)25-14-24-18)20-22-8-10-23(20)9-6-16-3-2-7-21-13-16/h2-5,7-8,10,12-13,15H,6,9,11,14H2,1H3/t15-/m0/s1. The molecule has 3 heterocycles. The van der Waals surface area contributed by atoms with Gasteiger partial charge in [-0.15, -0.1) is 0 Å². The van der Waals surface area contributed by atoms with Crippen molar-refractivity contribution in [2.75, 3.05) is 6.79 Å². The van der Waals surface area contributed by atoms with Crippen molar-refractivity contribution in [2.45, 2.75) is 32.2 Å². The normalized spacial score (nSPS) is 13.8. The number of pyridine rings is 1. The fourth-order valence-corrected chi connectivity index (χ4v) is 3.25. The molecule has 0 aliphatic carbocycles. The van der Waals surface area contributed by atoms with Gasteiger partial charge in [-0.25, -0.2) is 4.98 Å². The fraction of sp³-hybridized carbons (Fsp3) is 0.300. The minimum Gasteiger partial charge on any atom is -0.454 e. The highest BCUT2D eigenvalue weighted by molar-refractivity contribution is 5.44. The maximum Gasteiger partial charge on any atom is 0.231 e. The van der Waals surface area contributed by atoms with Crippen LogP contribution in [0.4, 0.5) is 0 Å². The molecule has 0 saturated carbocycles. The molecule has 25 heavy (non-hydrogen) atoms. The Morgan fingerprint density at radius 2 is 2.04 bits per heavy atom. The van der Waals surface area contributed by atoms with Gasteiger partial charge in [-0.1, -0.05) is 19.1 Å². The minimum atomic E-state index is 0.313. The average Bonchev–Trinajstić information content (AvgIpc) is 3.29. The van der Waals surface area contributed by atoms with Crippen LogP contribution in [-0.4, -0.2) is 21.3 Å². The summed E-state index contributed by atoms with van der Waals surface area (Å²) >= 11 is 0. The van der Waals surface area contributed by atoms with E-state index in [1.807, 2.05) is 24.5 Å². The fourth-order valence-electron chi connectivity index (χ4n) is 3.25. The lowest BCUT2D eigenvalue weighted by atomic mass is 10.00. The Morgan fingerprint density at radius 3 is 2.92 bits per heavy atom. The van der Waals surface area contributed by atoms with Crippen LogP contribution in [-0.2, 0) is 19.4 Å². The third kappa shape index (κ3) is 3.50. The second kappa shape index (κ2) is 6.97. The number of imidazole rings is 1. The van der Waals surface area contributed by atoms with E-state index in [1.54, 1.807) is 6.20 Å². The lowest BCUT2D eigenvalue weighted by molar-refractivity contribution is 0.174. The second-order valence-electron chi connectivity index (χ2n) is 6.38. The molecule has 0 radical (unpaired) electrons. The van der Waals surface area contributed by atoms with Crippen LogP contribution in [0.5, 0.6) is 11.5 Å². The molecule has 1 aromatic carbocycles. The summed E-state index contributed by atoms with van der Waals surface area (Å²) < 4.78 is 13.1.